The second-order valence-electron chi connectivity index (χ2n) is 3.40. The first-order valence-electron chi connectivity index (χ1n) is 5.17. The third-order valence-corrected chi connectivity index (χ3v) is 2.02. The number of para-hydroxylation sites is 2. The summed E-state index contributed by atoms with van der Waals surface area (Å²) in [4.78, 5) is 0. The SMILES string of the molecule is C=C(COc1ccccc1OCC)[B-](F)(F)F.[K+]. The van der Waals surface area contributed by atoms with Gasteiger partial charge in [0.2, 0.25) is 0 Å². The molecule has 7 heteroatoms. The molecule has 2 nitrogen and oxygen atoms in total. The Hall–Kier alpha value is 0.0513. The van der Waals surface area contributed by atoms with E-state index in [9.17, 15) is 12.9 Å². The van der Waals surface area contributed by atoms with Crippen LogP contribution in [0.5, 0.6) is 11.5 Å². The predicted octanol–water partition coefficient (Wildman–Crippen LogP) is 0.411. The summed E-state index contributed by atoms with van der Waals surface area (Å²) in [5.41, 5.74) is -0.865. The standard InChI is InChI=1S/C11H13BF3O2.K/c1-3-16-10-6-4-5-7-11(10)17-8-9(2)12(13,14)15;/h4-7H,2-3,8H2,1H3;/q-1;+1. The van der Waals surface area contributed by atoms with Crippen LogP contribution in [-0.2, 0) is 0 Å². The molecular weight excluding hydrogens is 271 g/mol. The van der Waals surface area contributed by atoms with Crippen molar-refractivity contribution in [2.75, 3.05) is 13.2 Å². The molecule has 1 aromatic rings. The van der Waals surface area contributed by atoms with Crippen LogP contribution in [0.25, 0.3) is 0 Å². The molecule has 0 amide bonds. The Morgan fingerprint density at radius 2 is 1.67 bits per heavy atom. The molecule has 94 valence electrons. The molecule has 0 aliphatic rings. The third-order valence-electron chi connectivity index (χ3n) is 2.02. The van der Waals surface area contributed by atoms with E-state index in [4.69, 9.17) is 9.47 Å². The van der Waals surface area contributed by atoms with E-state index in [-0.39, 0.29) is 57.1 Å². The first-order chi connectivity index (χ1) is 7.95. The number of benzene rings is 1. The maximum atomic E-state index is 12.3. The number of ether oxygens (including phenoxy) is 2. The van der Waals surface area contributed by atoms with Crippen molar-refractivity contribution in [3.63, 3.8) is 0 Å². The van der Waals surface area contributed by atoms with Gasteiger partial charge in [0, 0.05) is 0 Å². The van der Waals surface area contributed by atoms with E-state index in [1.165, 1.54) is 0 Å². The molecule has 18 heavy (non-hydrogen) atoms. The Kier molecular flexibility index (Phi) is 8.29. The van der Waals surface area contributed by atoms with Gasteiger partial charge in [-0.05, 0) is 19.1 Å². The van der Waals surface area contributed by atoms with Crippen molar-refractivity contribution in [2.45, 2.75) is 6.92 Å². The van der Waals surface area contributed by atoms with Crippen molar-refractivity contribution in [3.8, 4) is 11.5 Å². The number of hydrogen-bond donors (Lipinski definition) is 0. The Labute approximate surface area is 147 Å². The van der Waals surface area contributed by atoms with E-state index in [0.29, 0.717) is 12.4 Å². The molecule has 0 saturated heterocycles. The van der Waals surface area contributed by atoms with Gasteiger partial charge >= 0.3 is 58.4 Å². The average molecular weight is 284 g/mol. The molecule has 1 aromatic carbocycles. The minimum Gasteiger partial charge on any atom is -0.490 e. The maximum absolute atomic E-state index is 12.3. The summed E-state index contributed by atoms with van der Waals surface area (Å²) < 4.78 is 47.0. The van der Waals surface area contributed by atoms with Gasteiger partial charge < -0.3 is 22.4 Å². The number of halogens is 3. The van der Waals surface area contributed by atoms with E-state index in [1.807, 2.05) is 0 Å². The summed E-state index contributed by atoms with van der Waals surface area (Å²) in [6.07, 6.45) is 0. The van der Waals surface area contributed by atoms with Crippen LogP contribution in [0.2, 0.25) is 0 Å². The minimum absolute atomic E-state index is 0. The summed E-state index contributed by atoms with van der Waals surface area (Å²) >= 11 is 0. The van der Waals surface area contributed by atoms with E-state index >= 15 is 0 Å². The van der Waals surface area contributed by atoms with Gasteiger partial charge in [0.15, 0.2) is 11.5 Å². The smallest absolute Gasteiger partial charge is 0.490 e. The average Bonchev–Trinajstić information content (AvgIpc) is 2.26. The summed E-state index contributed by atoms with van der Waals surface area (Å²) in [5, 5.41) is 0. The van der Waals surface area contributed by atoms with Crippen molar-refractivity contribution in [1.82, 2.24) is 0 Å². The zero-order valence-electron chi connectivity index (χ0n) is 10.5. The van der Waals surface area contributed by atoms with Crippen LogP contribution >= 0.6 is 0 Å². The Balaban J connectivity index is 0.00000289. The maximum Gasteiger partial charge on any atom is 1.00 e. The van der Waals surface area contributed by atoms with Crippen molar-refractivity contribution in [1.29, 1.82) is 0 Å². The Morgan fingerprint density at radius 1 is 1.17 bits per heavy atom. The third kappa shape index (κ3) is 5.79. The van der Waals surface area contributed by atoms with E-state index in [0.717, 1.165) is 0 Å². The molecule has 0 unspecified atom stereocenters. The van der Waals surface area contributed by atoms with Gasteiger partial charge in [-0.15, -0.1) is 12.1 Å². The summed E-state index contributed by atoms with van der Waals surface area (Å²) in [7, 11) is 0. The van der Waals surface area contributed by atoms with Gasteiger partial charge in [-0.1, -0.05) is 12.1 Å². The summed E-state index contributed by atoms with van der Waals surface area (Å²) in [6, 6.07) is 6.59. The molecule has 0 aromatic heterocycles. The molecule has 0 heterocycles. The Morgan fingerprint density at radius 3 is 2.11 bits per heavy atom. The number of hydrogen-bond acceptors (Lipinski definition) is 2. The van der Waals surface area contributed by atoms with Gasteiger partial charge in [-0.2, -0.15) is 0 Å². The van der Waals surface area contributed by atoms with Crippen LogP contribution in [-0.4, -0.2) is 20.2 Å². The second-order valence-corrected chi connectivity index (χ2v) is 3.40. The molecule has 0 saturated carbocycles. The quantitative estimate of drug-likeness (QED) is 0.705. The van der Waals surface area contributed by atoms with E-state index < -0.39 is 19.1 Å². The van der Waals surface area contributed by atoms with Gasteiger partial charge in [0.25, 0.3) is 0 Å². The first kappa shape index (κ1) is 18.1. The van der Waals surface area contributed by atoms with Crippen LogP contribution in [0.15, 0.2) is 36.3 Å². The zero-order valence-corrected chi connectivity index (χ0v) is 13.6. The van der Waals surface area contributed by atoms with E-state index in [1.54, 1.807) is 31.2 Å². The predicted molar refractivity (Wildman–Crippen MR) is 61.3 cm³/mol. The van der Waals surface area contributed by atoms with Gasteiger partial charge in [0.05, 0.1) is 13.2 Å². The fraction of sp³-hybridized carbons (Fsp3) is 0.273. The van der Waals surface area contributed by atoms with E-state index in [2.05, 4.69) is 6.58 Å². The molecule has 0 fully saturated rings. The molecule has 0 atom stereocenters. The van der Waals surface area contributed by atoms with Crippen LogP contribution in [0.4, 0.5) is 12.9 Å². The molecular formula is C11H13BF3KO2. The molecule has 0 aliphatic carbocycles. The molecule has 0 spiro atoms. The molecule has 0 aliphatic heterocycles. The fourth-order valence-corrected chi connectivity index (χ4v) is 1.11. The molecule has 0 radical (unpaired) electrons. The molecule has 1 rings (SSSR count). The summed E-state index contributed by atoms with van der Waals surface area (Å²) in [6.45, 7) is -0.466. The van der Waals surface area contributed by atoms with Crippen LogP contribution in [0, 0.1) is 0 Å². The van der Waals surface area contributed by atoms with Gasteiger partial charge in [-0.25, -0.2) is 0 Å². The second kappa shape index (κ2) is 8.27. The normalized spacial score (nSPS) is 10.4. The monoisotopic (exact) mass is 284 g/mol. The number of rotatable bonds is 6. The topological polar surface area (TPSA) is 18.5 Å². The van der Waals surface area contributed by atoms with Crippen molar-refractivity contribution in [3.05, 3.63) is 36.3 Å². The first-order valence-corrected chi connectivity index (χ1v) is 5.17. The fourth-order valence-electron chi connectivity index (χ4n) is 1.11. The van der Waals surface area contributed by atoms with Crippen molar-refractivity contribution >= 4 is 6.98 Å². The molecule has 0 N–H and O–H groups in total. The van der Waals surface area contributed by atoms with Crippen LogP contribution in [0.1, 0.15) is 6.92 Å². The van der Waals surface area contributed by atoms with Crippen molar-refractivity contribution < 1.29 is 73.8 Å². The summed E-state index contributed by atoms with van der Waals surface area (Å²) in [5.74, 6) is 0.716. The van der Waals surface area contributed by atoms with Crippen molar-refractivity contribution in [2.24, 2.45) is 0 Å². The van der Waals surface area contributed by atoms with Gasteiger partial charge in [-0.3, -0.25) is 0 Å². The zero-order chi connectivity index (χ0) is 12.9. The minimum atomic E-state index is -5.05. The van der Waals surface area contributed by atoms with Crippen LogP contribution in [0.3, 0.4) is 0 Å². The van der Waals surface area contributed by atoms with Crippen LogP contribution < -0.4 is 60.9 Å². The largest absolute Gasteiger partial charge is 1.00 e. The Bertz CT molecular complexity index is 396. The molecule has 0 bridgehead atoms. The van der Waals surface area contributed by atoms with Gasteiger partial charge in [0.1, 0.15) is 0 Å².